The van der Waals surface area contributed by atoms with Crippen LogP contribution in [0.25, 0.3) is 0 Å². The zero-order chi connectivity index (χ0) is 21.8. The number of nitrogens with one attached hydrogen (secondary N) is 2. The number of carboxylic acids is 1. The first-order valence-corrected chi connectivity index (χ1v) is 11.2. The summed E-state index contributed by atoms with van der Waals surface area (Å²) in [5.41, 5.74) is 0. The predicted octanol–water partition coefficient (Wildman–Crippen LogP) is 0.336. The van der Waals surface area contributed by atoms with Gasteiger partial charge in [0, 0.05) is 13.1 Å². The van der Waals surface area contributed by atoms with Gasteiger partial charge >= 0.3 is 5.97 Å². The molecular formula is C21H34N4O5. The van der Waals surface area contributed by atoms with Crippen molar-refractivity contribution in [3.8, 4) is 0 Å². The third-order valence-electron chi connectivity index (χ3n) is 6.79. The van der Waals surface area contributed by atoms with Gasteiger partial charge in [-0.1, -0.05) is 20.3 Å². The highest BCUT2D eigenvalue weighted by Crippen LogP contribution is 2.26. The molecule has 5 atom stereocenters. The van der Waals surface area contributed by atoms with Crippen LogP contribution in [-0.2, 0) is 19.2 Å². The lowest BCUT2D eigenvalue weighted by Gasteiger charge is -2.32. The summed E-state index contributed by atoms with van der Waals surface area (Å²) < 4.78 is 0. The van der Waals surface area contributed by atoms with E-state index in [-0.39, 0.29) is 23.8 Å². The number of carboxylic acid groups (broad SMARTS) is 1. The second-order valence-corrected chi connectivity index (χ2v) is 8.74. The van der Waals surface area contributed by atoms with Crippen molar-refractivity contribution in [3.05, 3.63) is 0 Å². The van der Waals surface area contributed by atoms with Crippen LogP contribution in [0.4, 0.5) is 0 Å². The molecule has 0 aromatic carbocycles. The van der Waals surface area contributed by atoms with Crippen LogP contribution in [0.5, 0.6) is 0 Å². The average Bonchev–Trinajstić information content (AvgIpc) is 3.50. The SMILES string of the molecule is CCC(C)C(NC(=O)C1CCCN1C(=O)C1CCCN1C(=O)C1CCCN1)C(=O)O. The van der Waals surface area contributed by atoms with Gasteiger partial charge in [-0.25, -0.2) is 4.79 Å². The number of hydrogen-bond acceptors (Lipinski definition) is 5. The van der Waals surface area contributed by atoms with Crippen molar-refractivity contribution in [2.75, 3.05) is 19.6 Å². The quantitative estimate of drug-likeness (QED) is 0.544. The molecule has 3 fully saturated rings. The molecule has 3 amide bonds. The summed E-state index contributed by atoms with van der Waals surface area (Å²) in [6.45, 7) is 5.50. The van der Waals surface area contributed by atoms with Gasteiger partial charge in [-0.05, 0) is 51.0 Å². The monoisotopic (exact) mass is 422 g/mol. The van der Waals surface area contributed by atoms with Gasteiger partial charge in [-0.15, -0.1) is 0 Å². The van der Waals surface area contributed by atoms with Crippen LogP contribution in [0.1, 0.15) is 58.8 Å². The number of carbonyl (C=O) groups excluding carboxylic acids is 3. The number of likely N-dealkylation sites (tertiary alicyclic amines) is 2. The Kier molecular flexibility index (Phi) is 7.33. The Hall–Kier alpha value is -2.16. The average molecular weight is 423 g/mol. The van der Waals surface area contributed by atoms with Crippen LogP contribution in [0.2, 0.25) is 0 Å². The molecule has 3 heterocycles. The summed E-state index contributed by atoms with van der Waals surface area (Å²) in [4.78, 5) is 53.9. The first kappa shape index (κ1) is 22.5. The Morgan fingerprint density at radius 2 is 1.63 bits per heavy atom. The molecule has 0 aromatic rings. The lowest BCUT2D eigenvalue weighted by atomic mass is 9.98. The number of amides is 3. The summed E-state index contributed by atoms with van der Waals surface area (Å²) >= 11 is 0. The minimum atomic E-state index is -1.06. The lowest BCUT2D eigenvalue weighted by molar-refractivity contribution is -0.148. The fourth-order valence-electron chi connectivity index (χ4n) is 4.81. The van der Waals surface area contributed by atoms with Crippen LogP contribution < -0.4 is 10.6 Å². The van der Waals surface area contributed by atoms with Crippen LogP contribution in [-0.4, -0.2) is 82.4 Å². The summed E-state index contributed by atoms with van der Waals surface area (Å²) in [7, 11) is 0. The first-order chi connectivity index (χ1) is 14.3. The van der Waals surface area contributed by atoms with Gasteiger partial charge in [-0.2, -0.15) is 0 Å². The summed E-state index contributed by atoms with van der Waals surface area (Å²) in [6, 6.07) is -2.40. The molecule has 0 radical (unpaired) electrons. The third kappa shape index (κ3) is 4.61. The maximum Gasteiger partial charge on any atom is 0.326 e. The van der Waals surface area contributed by atoms with E-state index < -0.39 is 30.0 Å². The van der Waals surface area contributed by atoms with Crippen molar-refractivity contribution in [3.63, 3.8) is 0 Å². The van der Waals surface area contributed by atoms with E-state index in [1.54, 1.807) is 16.7 Å². The molecule has 3 N–H and O–H groups in total. The lowest BCUT2D eigenvalue weighted by Crippen LogP contribution is -2.56. The third-order valence-corrected chi connectivity index (χ3v) is 6.79. The van der Waals surface area contributed by atoms with E-state index in [2.05, 4.69) is 10.6 Å². The van der Waals surface area contributed by atoms with Crippen LogP contribution in [0.15, 0.2) is 0 Å². The highest BCUT2D eigenvalue weighted by Gasteiger charge is 2.44. The Balaban J connectivity index is 1.68. The minimum Gasteiger partial charge on any atom is -0.480 e. The van der Waals surface area contributed by atoms with Gasteiger partial charge < -0.3 is 25.5 Å². The normalized spacial score (nSPS) is 28.4. The molecule has 9 nitrogen and oxygen atoms in total. The molecule has 3 aliphatic heterocycles. The molecule has 3 aliphatic rings. The second kappa shape index (κ2) is 9.76. The molecule has 3 rings (SSSR count). The van der Waals surface area contributed by atoms with Crippen molar-refractivity contribution >= 4 is 23.7 Å². The zero-order valence-corrected chi connectivity index (χ0v) is 17.9. The zero-order valence-electron chi connectivity index (χ0n) is 17.9. The van der Waals surface area contributed by atoms with Gasteiger partial charge in [0.1, 0.15) is 18.1 Å². The number of rotatable bonds is 7. The maximum atomic E-state index is 13.3. The van der Waals surface area contributed by atoms with Gasteiger partial charge in [0.15, 0.2) is 0 Å². The molecular weight excluding hydrogens is 388 g/mol. The van der Waals surface area contributed by atoms with E-state index in [4.69, 9.17) is 0 Å². The highest BCUT2D eigenvalue weighted by molar-refractivity contribution is 5.95. The van der Waals surface area contributed by atoms with E-state index in [0.717, 1.165) is 25.8 Å². The fourth-order valence-corrected chi connectivity index (χ4v) is 4.81. The Morgan fingerprint density at radius 1 is 1.00 bits per heavy atom. The molecule has 0 aliphatic carbocycles. The topological polar surface area (TPSA) is 119 Å². The Morgan fingerprint density at radius 3 is 2.20 bits per heavy atom. The Bertz CT molecular complexity index is 678. The molecule has 0 aromatic heterocycles. The highest BCUT2D eigenvalue weighted by atomic mass is 16.4. The van der Waals surface area contributed by atoms with Crippen molar-refractivity contribution in [2.24, 2.45) is 5.92 Å². The fraction of sp³-hybridized carbons (Fsp3) is 0.810. The molecule has 0 spiro atoms. The van der Waals surface area contributed by atoms with E-state index in [0.29, 0.717) is 38.8 Å². The van der Waals surface area contributed by atoms with E-state index in [1.165, 1.54) is 0 Å². The summed E-state index contributed by atoms with van der Waals surface area (Å²) in [5.74, 6) is -1.90. The molecule has 168 valence electrons. The maximum absolute atomic E-state index is 13.3. The van der Waals surface area contributed by atoms with Crippen LogP contribution >= 0.6 is 0 Å². The largest absolute Gasteiger partial charge is 0.480 e. The molecule has 0 saturated carbocycles. The number of hydrogen-bond donors (Lipinski definition) is 3. The van der Waals surface area contributed by atoms with Crippen LogP contribution in [0.3, 0.4) is 0 Å². The van der Waals surface area contributed by atoms with Crippen molar-refractivity contribution in [2.45, 2.75) is 83.0 Å². The van der Waals surface area contributed by atoms with Gasteiger partial charge in [0.2, 0.25) is 17.7 Å². The summed E-state index contributed by atoms with van der Waals surface area (Å²) in [6.07, 6.45) is 4.95. The van der Waals surface area contributed by atoms with Gasteiger partial charge in [0.25, 0.3) is 0 Å². The number of aliphatic carboxylic acids is 1. The van der Waals surface area contributed by atoms with E-state index in [9.17, 15) is 24.3 Å². The van der Waals surface area contributed by atoms with Gasteiger partial charge in [-0.3, -0.25) is 14.4 Å². The number of carbonyl (C=O) groups is 4. The standard InChI is InChI=1S/C21H34N4O5/c1-3-13(2)17(21(29)30)23-18(26)15-8-5-11-24(15)20(28)16-9-6-12-25(16)19(27)14-7-4-10-22-14/h13-17,22H,3-12H2,1-2H3,(H,23,26)(H,29,30). The van der Waals surface area contributed by atoms with Crippen molar-refractivity contribution in [1.82, 2.24) is 20.4 Å². The predicted molar refractivity (Wildman–Crippen MR) is 110 cm³/mol. The first-order valence-electron chi connectivity index (χ1n) is 11.2. The molecule has 30 heavy (non-hydrogen) atoms. The van der Waals surface area contributed by atoms with Gasteiger partial charge in [0.05, 0.1) is 6.04 Å². The Labute approximate surface area is 177 Å². The second-order valence-electron chi connectivity index (χ2n) is 8.74. The summed E-state index contributed by atoms with van der Waals surface area (Å²) in [5, 5.41) is 15.3. The van der Waals surface area contributed by atoms with Crippen LogP contribution in [0, 0.1) is 5.92 Å². The van der Waals surface area contributed by atoms with Crippen molar-refractivity contribution in [1.29, 1.82) is 0 Å². The smallest absolute Gasteiger partial charge is 0.326 e. The molecule has 0 bridgehead atoms. The molecule has 5 unspecified atom stereocenters. The van der Waals surface area contributed by atoms with E-state index >= 15 is 0 Å². The number of nitrogens with zero attached hydrogens (tertiary/aromatic N) is 2. The van der Waals surface area contributed by atoms with Crippen molar-refractivity contribution < 1.29 is 24.3 Å². The molecule has 3 saturated heterocycles. The minimum absolute atomic E-state index is 0.0220. The molecule has 9 heteroatoms. The van der Waals surface area contributed by atoms with E-state index in [1.807, 2.05) is 6.92 Å².